The van der Waals surface area contributed by atoms with E-state index in [0.29, 0.717) is 19.8 Å². The van der Waals surface area contributed by atoms with Crippen LogP contribution in [0.2, 0.25) is 0 Å². The maximum Gasteiger partial charge on any atom is 0.191 e. The highest BCUT2D eigenvalue weighted by atomic mass is 127. The Balaban J connectivity index is 0.00000392. The number of ether oxygens (including phenoxy) is 2. The maximum atomic E-state index is 9.35. The molecule has 0 saturated carbocycles. The molecule has 1 saturated heterocycles. The first kappa shape index (κ1) is 25.1. The van der Waals surface area contributed by atoms with Crippen molar-refractivity contribution >= 4 is 29.9 Å². The maximum absolute atomic E-state index is 9.35. The zero-order valence-electron chi connectivity index (χ0n) is 17.6. The van der Waals surface area contributed by atoms with Crippen LogP contribution >= 0.6 is 24.0 Å². The molecular formula is C21H36IN3O3. The summed E-state index contributed by atoms with van der Waals surface area (Å²) in [5.41, 5.74) is 2.20. The predicted octanol–water partition coefficient (Wildman–Crippen LogP) is 3.07. The Morgan fingerprint density at radius 3 is 2.64 bits per heavy atom. The average Bonchev–Trinajstić information content (AvgIpc) is 3.09. The summed E-state index contributed by atoms with van der Waals surface area (Å²) in [5.74, 6) is 0.760. The van der Waals surface area contributed by atoms with Crippen molar-refractivity contribution < 1.29 is 14.6 Å². The van der Waals surface area contributed by atoms with Gasteiger partial charge in [-0.15, -0.1) is 24.0 Å². The van der Waals surface area contributed by atoms with Gasteiger partial charge in [-0.3, -0.25) is 4.99 Å². The minimum atomic E-state index is -0.144. The van der Waals surface area contributed by atoms with E-state index in [1.54, 1.807) is 7.05 Å². The molecular weight excluding hydrogens is 469 g/mol. The molecule has 1 aliphatic heterocycles. The number of hydrogen-bond acceptors (Lipinski definition) is 4. The second kappa shape index (κ2) is 11.9. The van der Waals surface area contributed by atoms with Gasteiger partial charge in [0.25, 0.3) is 0 Å². The van der Waals surface area contributed by atoms with Gasteiger partial charge in [-0.25, -0.2) is 0 Å². The highest BCUT2D eigenvalue weighted by Gasteiger charge is 2.34. The smallest absolute Gasteiger partial charge is 0.191 e. The highest BCUT2D eigenvalue weighted by Crippen LogP contribution is 2.31. The van der Waals surface area contributed by atoms with E-state index in [0.717, 1.165) is 37.5 Å². The first-order valence-corrected chi connectivity index (χ1v) is 9.71. The lowest BCUT2D eigenvalue weighted by molar-refractivity contribution is -0.0149. The quantitative estimate of drug-likeness (QED) is 0.288. The number of nitrogens with one attached hydrogen (secondary N) is 2. The molecule has 0 spiro atoms. The van der Waals surface area contributed by atoms with Crippen LogP contribution in [0, 0.1) is 5.41 Å². The Bertz CT molecular complexity index is 611. The normalized spacial score (nSPS) is 20.0. The second-order valence-corrected chi connectivity index (χ2v) is 8.28. The molecule has 1 aromatic rings. The van der Waals surface area contributed by atoms with Crippen molar-refractivity contribution in [3.05, 3.63) is 35.4 Å². The SMILES string of the molecule is CN=C(NCc1cccc(COC(C)(C)C)c1)NCC1(CCO)CCOC1.I. The molecule has 3 N–H and O–H groups in total. The van der Waals surface area contributed by atoms with Gasteiger partial charge in [-0.05, 0) is 44.7 Å². The molecule has 0 aliphatic carbocycles. The number of halogens is 1. The molecule has 0 radical (unpaired) electrons. The molecule has 1 unspecified atom stereocenters. The second-order valence-electron chi connectivity index (χ2n) is 8.28. The summed E-state index contributed by atoms with van der Waals surface area (Å²) in [6, 6.07) is 8.39. The van der Waals surface area contributed by atoms with E-state index in [1.165, 1.54) is 5.56 Å². The molecule has 1 atom stereocenters. The average molecular weight is 505 g/mol. The third-order valence-electron chi connectivity index (χ3n) is 4.80. The first-order chi connectivity index (χ1) is 12.9. The molecule has 160 valence electrons. The molecule has 1 heterocycles. The molecule has 1 aromatic carbocycles. The number of nitrogens with zero attached hydrogens (tertiary/aromatic N) is 1. The van der Waals surface area contributed by atoms with Crippen LogP contribution in [0.3, 0.4) is 0 Å². The Kier molecular flexibility index (Phi) is 10.7. The molecule has 0 bridgehead atoms. The zero-order valence-corrected chi connectivity index (χ0v) is 19.9. The lowest BCUT2D eigenvalue weighted by Gasteiger charge is -2.27. The van der Waals surface area contributed by atoms with Gasteiger partial charge in [0, 0.05) is 38.8 Å². The van der Waals surface area contributed by atoms with Crippen molar-refractivity contribution in [2.75, 3.05) is 33.4 Å². The lowest BCUT2D eigenvalue weighted by atomic mass is 9.84. The van der Waals surface area contributed by atoms with Gasteiger partial charge >= 0.3 is 0 Å². The monoisotopic (exact) mass is 505 g/mol. The van der Waals surface area contributed by atoms with E-state index < -0.39 is 0 Å². The van der Waals surface area contributed by atoms with E-state index >= 15 is 0 Å². The van der Waals surface area contributed by atoms with E-state index in [9.17, 15) is 5.11 Å². The van der Waals surface area contributed by atoms with Crippen LogP contribution in [-0.4, -0.2) is 50.1 Å². The van der Waals surface area contributed by atoms with Crippen LogP contribution in [0.5, 0.6) is 0 Å². The van der Waals surface area contributed by atoms with Gasteiger partial charge in [0.05, 0.1) is 18.8 Å². The van der Waals surface area contributed by atoms with Gasteiger partial charge in [-0.2, -0.15) is 0 Å². The fourth-order valence-corrected chi connectivity index (χ4v) is 3.12. The number of hydrogen-bond donors (Lipinski definition) is 3. The van der Waals surface area contributed by atoms with Gasteiger partial charge < -0.3 is 25.2 Å². The Morgan fingerprint density at radius 1 is 1.29 bits per heavy atom. The summed E-state index contributed by atoms with van der Waals surface area (Å²) in [4.78, 5) is 4.31. The number of rotatable bonds is 8. The molecule has 1 fully saturated rings. The minimum absolute atomic E-state index is 0. The van der Waals surface area contributed by atoms with Crippen molar-refractivity contribution in [3.63, 3.8) is 0 Å². The third kappa shape index (κ3) is 8.63. The largest absolute Gasteiger partial charge is 0.396 e. The van der Waals surface area contributed by atoms with Crippen LogP contribution in [-0.2, 0) is 22.6 Å². The topological polar surface area (TPSA) is 75.1 Å². The predicted molar refractivity (Wildman–Crippen MR) is 124 cm³/mol. The Hall–Kier alpha value is -0.900. The van der Waals surface area contributed by atoms with Crippen molar-refractivity contribution in [1.82, 2.24) is 10.6 Å². The number of aliphatic hydroxyl groups excluding tert-OH is 1. The van der Waals surface area contributed by atoms with Gasteiger partial charge in [0.1, 0.15) is 0 Å². The minimum Gasteiger partial charge on any atom is -0.396 e. The van der Waals surface area contributed by atoms with Crippen LogP contribution < -0.4 is 10.6 Å². The fraction of sp³-hybridized carbons (Fsp3) is 0.667. The summed E-state index contributed by atoms with van der Waals surface area (Å²) in [5, 5.41) is 16.1. The molecule has 0 amide bonds. The summed E-state index contributed by atoms with van der Waals surface area (Å²) >= 11 is 0. The fourth-order valence-electron chi connectivity index (χ4n) is 3.12. The molecule has 7 heteroatoms. The molecule has 0 aromatic heterocycles. The summed E-state index contributed by atoms with van der Waals surface area (Å²) in [6.45, 7) is 9.85. The molecule has 1 aliphatic rings. The van der Waals surface area contributed by atoms with Gasteiger partial charge in [0.2, 0.25) is 0 Å². The van der Waals surface area contributed by atoms with Gasteiger partial charge in [-0.1, -0.05) is 24.3 Å². The first-order valence-electron chi connectivity index (χ1n) is 9.71. The Morgan fingerprint density at radius 2 is 2.04 bits per heavy atom. The number of aliphatic imine (C=N–C) groups is 1. The zero-order chi connectivity index (χ0) is 19.8. The molecule has 6 nitrogen and oxygen atoms in total. The van der Waals surface area contributed by atoms with Crippen molar-refractivity contribution in [2.24, 2.45) is 10.4 Å². The number of aliphatic hydroxyl groups is 1. The lowest BCUT2D eigenvalue weighted by Crippen LogP contribution is -2.44. The van der Waals surface area contributed by atoms with E-state index in [-0.39, 0.29) is 41.6 Å². The Labute approximate surface area is 186 Å². The number of guanidine groups is 1. The van der Waals surface area contributed by atoms with E-state index in [4.69, 9.17) is 9.47 Å². The van der Waals surface area contributed by atoms with Crippen LogP contribution in [0.4, 0.5) is 0 Å². The highest BCUT2D eigenvalue weighted by molar-refractivity contribution is 14.0. The van der Waals surface area contributed by atoms with Crippen molar-refractivity contribution in [3.8, 4) is 0 Å². The van der Waals surface area contributed by atoms with Crippen LogP contribution in [0.25, 0.3) is 0 Å². The molecule has 28 heavy (non-hydrogen) atoms. The third-order valence-corrected chi connectivity index (χ3v) is 4.80. The van der Waals surface area contributed by atoms with Gasteiger partial charge in [0.15, 0.2) is 5.96 Å². The number of benzene rings is 1. The van der Waals surface area contributed by atoms with Crippen molar-refractivity contribution in [2.45, 2.75) is 52.4 Å². The van der Waals surface area contributed by atoms with Crippen molar-refractivity contribution in [1.29, 1.82) is 0 Å². The summed E-state index contributed by atoms with van der Waals surface area (Å²) in [6.07, 6.45) is 1.71. The molecule has 2 rings (SSSR count). The van der Waals surface area contributed by atoms with Crippen LogP contribution in [0.15, 0.2) is 29.3 Å². The standard InChI is InChI=1S/C21H35N3O3.HI/c1-20(2,3)27-14-18-7-5-6-17(12-18)13-23-19(22-4)24-15-21(8-10-25)9-11-26-16-21;/h5-7,12,25H,8-11,13-16H2,1-4H3,(H2,22,23,24);1H. The summed E-state index contributed by atoms with van der Waals surface area (Å²) in [7, 11) is 1.77. The van der Waals surface area contributed by atoms with Crippen LogP contribution in [0.1, 0.15) is 44.7 Å². The van der Waals surface area contributed by atoms with E-state index in [1.807, 2.05) is 0 Å². The summed E-state index contributed by atoms with van der Waals surface area (Å²) < 4.78 is 11.4. The van der Waals surface area contributed by atoms with E-state index in [2.05, 4.69) is 60.7 Å².